The molecule has 0 saturated heterocycles. The third-order valence-electron chi connectivity index (χ3n) is 3.60. The Labute approximate surface area is 126 Å². The fourth-order valence-electron chi connectivity index (χ4n) is 2.57. The van der Waals surface area contributed by atoms with E-state index >= 15 is 0 Å². The Balaban J connectivity index is 2.56. The molecule has 2 aromatic rings. The normalized spacial score (nSPS) is 14.0. The molecule has 1 aromatic carbocycles. The molecular weight excluding hydrogens is 264 g/mol. The lowest BCUT2D eigenvalue weighted by molar-refractivity contribution is 0.380. The third-order valence-corrected chi connectivity index (χ3v) is 3.60. The molecule has 0 amide bonds. The van der Waals surface area contributed by atoms with Crippen LogP contribution in [0.3, 0.4) is 0 Å². The Morgan fingerprint density at radius 3 is 2.52 bits per heavy atom. The Kier molecular flexibility index (Phi) is 4.96. The Bertz CT molecular complexity index is 592. The van der Waals surface area contributed by atoms with Gasteiger partial charge in [0.2, 0.25) is 0 Å². The smallest absolute Gasteiger partial charge is 0.150 e. The molecule has 0 aliphatic rings. The van der Waals surface area contributed by atoms with Crippen LogP contribution in [0.15, 0.2) is 24.3 Å². The maximum Gasteiger partial charge on any atom is 0.150 e. The number of aryl methyl sites for hydroxylation is 2. The van der Waals surface area contributed by atoms with Crippen LogP contribution in [-0.2, 0) is 12.8 Å². The molecule has 2 unspecified atom stereocenters. The highest BCUT2D eigenvalue weighted by Crippen LogP contribution is 2.30. The van der Waals surface area contributed by atoms with Crippen molar-refractivity contribution < 1.29 is 4.74 Å². The summed E-state index contributed by atoms with van der Waals surface area (Å²) in [6.07, 6.45) is 1.64. The number of rotatable bonds is 6. The molecule has 0 aliphatic heterocycles. The van der Waals surface area contributed by atoms with Crippen LogP contribution in [0.2, 0.25) is 0 Å². The number of nitrogens with zero attached hydrogens (tertiary/aromatic N) is 3. The first-order chi connectivity index (χ1) is 10.1. The molecule has 0 bridgehead atoms. The summed E-state index contributed by atoms with van der Waals surface area (Å²) >= 11 is 0. The first kappa shape index (κ1) is 15.5. The average Bonchev–Trinajstić information content (AvgIpc) is 2.90. The van der Waals surface area contributed by atoms with E-state index in [-0.39, 0.29) is 12.1 Å². The largest absolute Gasteiger partial charge is 0.496 e. The maximum absolute atomic E-state index is 6.25. The van der Waals surface area contributed by atoms with Gasteiger partial charge in [-0.1, -0.05) is 32.0 Å². The van der Waals surface area contributed by atoms with Gasteiger partial charge in [0.25, 0.3) is 0 Å². The summed E-state index contributed by atoms with van der Waals surface area (Å²) in [5.41, 5.74) is 7.29. The number of hydrogen-bond acceptors (Lipinski definition) is 4. The molecular formula is C16H24N4O. The predicted octanol–water partition coefficient (Wildman–Crippen LogP) is 2.35. The summed E-state index contributed by atoms with van der Waals surface area (Å²) in [6, 6.07) is 7.77. The number of hydrogen-bond donors (Lipinski definition) is 1. The molecule has 5 nitrogen and oxygen atoms in total. The average molecular weight is 288 g/mol. The van der Waals surface area contributed by atoms with Crippen LogP contribution < -0.4 is 10.5 Å². The molecule has 2 rings (SSSR count). The molecule has 0 saturated carbocycles. The fourth-order valence-corrected chi connectivity index (χ4v) is 2.57. The predicted molar refractivity (Wildman–Crippen MR) is 83.6 cm³/mol. The highest BCUT2D eigenvalue weighted by atomic mass is 16.5. The van der Waals surface area contributed by atoms with E-state index in [2.05, 4.69) is 23.9 Å². The van der Waals surface area contributed by atoms with Crippen molar-refractivity contribution in [2.45, 2.75) is 45.7 Å². The highest BCUT2D eigenvalue weighted by Gasteiger charge is 2.25. The van der Waals surface area contributed by atoms with Gasteiger partial charge in [-0.05, 0) is 13.0 Å². The minimum absolute atomic E-state index is 0.0797. The van der Waals surface area contributed by atoms with Crippen molar-refractivity contribution >= 4 is 0 Å². The van der Waals surface area contributed by atoms with E-state index in [0.29, 0.717) is 0 Å². The van der Waals surface area contributed by atoms with Crippen LogP contribution in [-0.4, -0.2) is 27.9 Å². The molecule has 114 valence electrons. The topological polar surface area (TPSA) is 66.0 Å². The van der Waals surface area contributed by atoms with Crippen LogP contribution in [0.1, 0.15) is 44.0 Å². The number of para-hydroxylation sites is 1. The van der Waals surface area contributed by atoms with Gasteiger partial charge in [0.05, 0.1) is 13.2 Å². The highest BCUT2D eigenvalue weighted by molar-refractivity contribution is 5.37. The molecule has 0 aliphatic carbocycles. The van der Waals surface area contributed by atoms with E-state index in [1.54, 1.807) is 7.11 Å². The van der Waals surface area contributed by atoms with Crippen molar-refractivity contribution in [1.29, 1.82) is 0 Å². The molecule has 1 aromatic heterocycles. The number of ether oxygens (including phenoxy) is 1. The molecule has 21 heavy (non-hydrogen) atoms. The summed E-state index contributed by atoms with van der Waals surface area (Å²) in [5, 5.41) is 4.64. The second kappa shape index (κ2) is 6.72. The molecule has 0 spiro atoms. The summed E-state index contributed by atoms with van der Waals surface area (Å²) in [7, 11) is 1.68. The van der Waals surface area contributed by atoms with Crippen LogP contribution in [0.5, 0.6) is 5.75 Å². The van der Waals surface area contributed by atoms with Crippen molar-refractivity contribution in [3.05, 3.63) is 41.5 Å². The Morgan fingerprint density at radius 2 is 1.95 bits per heavy atom. The van der Waals surface area contributed by atoms with Crippen molar-refractivity contribution in [1.82, 2.24) is 14.8 Å². The zero-order valence-corrected chi connectivity index (χ0v) is 13.2. The first-order valence-electron chi connectivity index (χ1n) is 7.45. The van der Waals surface area contributed by atoms with E-state index < -0.39 is 0 Å². The lowest BCUT2D eigenvalue weighted by Gasteiger charge is -2.24. The van der Waals surface area contributed by atoms with Gasteiger partial charge in [-0.3, -0.25) is 0 Å². The van der Waals surface area contributed by atoms with Crippen LogP contribution in [0.25, 0.3) is 0 Å². The van der Waals surface area contributed by atoms with E-state index in [1.165, 1.54) is 0 Å². The van der Waals surface area contributed by atoms with Crippen LogP contribution >= 0.6 is 0 Å². The van der Waals surface area contributed by atoms with Gasteiger partial charge in [-0.25, -0.2) is 9.67 Å². The second-order valence-electron chi connectivity index (χ2n) is 5.14. The maximum atomic E-state index is 6.25. The summed E-state index contributed by atoms with van der Waals surface area (Å²) < 4.78 is 7.45. The summed E-state index contributed by atoms with van der Waals surface area (Å²) in [6.45, 7) is 6.13. The molecule has 0 fully saturated rings. The summed E-state index contributed by atoms with van der Waals surface area (Å²) in [4.78, 5) is 4.59. The van der Waals surface area contributed by atoms with Crippen molar-refractivity contribution in [3.8, 4) is 5.75 Å². The van der Waals surface area contributed by atoms with Gasteiger partial charge in [0.15, 0.2) is 5.82 Å². The van der Waals surface area contributed by atoms with Crippen molar-refractivity contribution in [2.24, 2.45) is 5.73 Å². The standard InChI is InChI=1S/C16H24N4O/c1-5-14-18-15(6-2)20(19-14)16(11(3)17)12-9-7-8-10-13(12)21-4/h7-11,16H,5-6,17H2,1-4H3. The Hall–Kier alpha value is -1.88. The van der Waals surface area contributed by atoms with Gasteiger partial charge in [0.1, 0.15) is 11.6 Å². The zero-order valence-electron chi connectivity index (χ0n) is 13.2. The van der Waals surface area contributed by atoms with E-state index in [0.717, 1.165) is 35.8 Å². The van der Waals surface area contributed by atoms with Gasteiger partial charge in [0, 0.05) is 24.4 Å². The lowest BCUT2D eigenvalue weighted by atomic mass is 10.00. The Morgan fingerprint density at radius 1 is 1.24 bits per heavy atom. The van der Waals surface area contributed by atoms with Gasteiger partial charge >= 0.3 is 0 Å². The molecule has 2 N–H and O–H groups in total. The van der Waals surface area contributed by atoms with Gasteiger partial charge < -0.3 is 10.5 Å². The van der Waals surface area contributed by atoms with E-state index in [1.807, 2.05) is 35.9 Å². The SMILES string of the molecule is CCc1nc(CC)n(C(c2ccccc2OC)C(C)N)n1. The third kappa shape index (κ3) is 3.08. The fraction of sp³-hybridized carbons (Fsp3) is 0.500. The van der Waals surface area contributed by atoms with Gasteiger partial charge in [-0.2, -0.15) is 5.10 Å². The van der Waals surface area contributed by atoms with Crippen molar-refractivity contribution in [2.75, 3.05) is 7.11 Å². The van der Waals surface area contributed by atoms with E-state index in [9.17, 15) is 0 Å². The number of nitrogens with two attached hydrogens (primary N) is 1. The first-order valence-corrected chi connectivity index (χ1v) is 7.45. The number of methoxy groups -OCH3 is 1. The van der Waals surface area contributed by atoms with Crippen LogP contribution in [0, 0.1) is 0 Å². The minimum Gasteiger partial charge on any atom is -0.496 e. The second-order valence-corrected chi connectivity index (χ2v) is 5.14. The molecule has 2 atom stereocenters. The monoisotopic (exact) mass is 288 g/mol. The minimum atomic E-state index is -0.0991. The van der Waals surface area contributed by atoms with Crippen LogP contribution in [0.4, 0.5) is 0 Å². The summed E-state index contributed by atoms with van der Waals surface area (Å²) in [5.74, 6) is 2.64. The molecule has 1 heterocycles. The van der Waals surface area contributed by atoms with Gasteiger partial charge in [-0.15, -0.1) is 0 Å². The van der Waals surface area contributed by atoms with Crippen molar-refractivity contribution in [3.63, 3.8) is 0 Å². The molecule has 0 radical (unpaired) electrons. The van der Waals surface area contributed by atoms with E-state index in [4.69, 9.17) is 10.5 Å². The number of aromatic nitrogens is 3. The molecule has 5 heteroatoms. The quantitative estimate of drug-likeness (QED) is 0.886. The zero-order chi connectivity index (χ0) is 15.4. The number of benzene rings is 1. The lowest BCUT2D eigenvalue weighted by Crippen LogP contribution is -2.32.